The van der Waals surface area contributed by atoms with Crippen LogP contribution in [0.3, 0.4) is 0 Å². The summed E-state index contributed by atoms with van der Waals surface area (Å²) in [5, 5.41) is 0. The summed E-state index contributed by atoms with van der Waals surface area (Å²) in [5.74, 6) is 2.05. The summed E-state index contributed by atoms with van der Waals surface area (Å²) < 4.78 is 0. The molecule has 0 aromatic heterocycles. The third-order valence-electron chi connectivity index (χ3n) is 3.67. The highest BCUT2D eigenvalue weighted by atomic mass is 14.3. The lowest BCUT2D eigenvalue weighted by atomic mass is 9.74. The van der Waals surface area contributed by atoms with E-state index < -0.39 is 0 Å². The molecule has 1 aliphatic carbocycles. The Kier molecular flexibility index (Phi) is 5.29. The van der Waals surface area contributed by atoms with Crippen LogP contribution in [0.1, 0.15) is 65.2 Å². The van der Waals surface area contributed by atoms with Crippen molar-refractivity contribution in [2.24, 2.45) is 11.8 Å². The fourth-order valence-corrected chi connectivity index (χ4v) is 2.85. The molecule has 2 unspecified atom stereocenters. The lowest BCUT2D eigenvalue weighted by Gasteiger charge is -2.31. The number of hydrogen-bond acceptors (Lipinski definition) is 0. The fraction of sp³-hybridized carbons (Fsp3) is 0.857. The lowest BCUT2D eigenvalue weighted by molar-refractivity contribution is 0.210. The summed E-state index contributed by atoms with van der Waals surface area (Å²) >= 11 is 0. The van der Waals surface area contributed by atoms with E-state index in [0.717, 1.165) is 11.8 Å². The summed E-state index contributed by atoms with van der Waals surface area (Å²) in [6.07, 6.45) is 11.4. The molecule has 0 aromatic carbocycles. The van der Waals surface area contributed by atoms with Gasteiger partial charge in [-0.3, -0.25) is 0 Å². The zero-order valence-corrected chi connectivity index (χ0v) is 10.0. The van der Waals surface area contributed by atoms with E-state index in [9.17, 15) is 0 Å². The molecule has 2 atom stereocenters. The molecule has 1 fully saturated rings. The largest absolute Gasteiger partial charge is 0.100 e. The average Bonchev–Trinajstić information content (AvgIpc) is 2.17. The fourth-order valence-electron chi connectivity index (χ4n) is 2.85. The molecule has 0 bridgehead atoms. The molecule has 0 aliphatic heterocycles. The number of rotatable bonds is 5. The van der Waals surface area contributed by atoms with Crippen LogP contribution >= 0.6 is 0 Å². The normalized spacial score (nSPS) is 27.6. The Morgan fingerprint density at radius 2 is 1.71 bits per heavy atom. The molecular weight excluding hydrogens is 168 g/mol. The second-order valence-corrected chi connectivity index (χ2v) is 5.09. The second-order valence-electron chi connectivity index (χ2n) is 5.09. The molecule has 0 spiro atoms. The van der Waals surface area contributed by atoms with Gasteiger partial charge in [0.25, 0.3) is 0 Å². The van der Waals surface area contributed by atoms with Crippen LogP contribution in [-0.4, -0.2) is 0 Å². The maximum absolute atomic E-state index is 4.01. The summed E-state index contributed by atoms with van der Waals surface area (Å²) in [7, 11) is 0. The number of hydrogen-bond donors (Lipinski definition) is 0. The van der Waals surface area contributed by atoms with Gasteiger partial charge in [-0.15, -0.1) is 6.58 Å². The topological polar surface area (TPSA) is 0 Å². The third-order valence-corrected chi connectivity index (χ3v) is 3.67. The minimum Gasteiger partial charge on any atom is -0.100 e. The molecule has 0 aromatic rings. The predicted molar refractivity (Wildman–Crippen MR) is 64.4 cm³/mol. The molecule has 0 heterocycles. The molecule has 0 N–H and O–H groups in total. The highest BCUT2D eigenvalue weighted by Gasteiger charge is 2.23. The predicted octanol–water partition coefficient (Wildman–Crippen LogP) is 4.95. The molecule has 0 nitrogen and oxygen atoms in total. The first kappa shape index (κ1) is 11.8. The maximum Gasteiger partial charge on any atom is -0.0323 e. The van der Waals surface area contributed by atoms with Crippen LogP contribution < -0.4 is 0 Å². The average molecular weight is 194 g/mol. The minimum atomic E-state index is 1.01. The van der Waals surface area contributed by atoms with Crippen molar-refractivity contribution in [3.63, 3.8) is 0 Å². The van der Waals surface area contributed by atoms with Crippen molar-refractivity contribution < 1.29 is 0 Å². The zero-order chi connectivity index (χ0) is 10.4. The van der Waals surface area contributed by atoms with E-state index in [2.05, 4.69) is 20.4 Å². The number of allylic oxidation sites excluding steroid dienone is 1. The highest BCUT2D eigenvalue weighted by molar-refractivity contribution is 4.89. The first-order chi connectivity index (χ1) is 6.74. The monoisotopic (exact) mass is 194 g/mol. The molecule has 0 heteroatoms. The zero-order valence-electron chi connectivity index (χ0n) is 10.0. The van der Waals surface area contributed by atoms with Gasteiger partial charge in [-0.05, 0) is 31.6 Å². The summed E-state index contributed by atoms with van der Waals surface area (Å²) in [5.41, 5.74) is 1.37. The summed E-state index contributed by atoms with van der Waals surface area (Å²) in [6, 6.07) is 0. The van der Waals surface area contributed by atoms with Crippen molar-refractivity contribution >= 4 is 0 Å². The van der Waals surface area contributed by atoms with Crippen LogP contribution in [0.2, 0.25) is 0 Å². The van der Waals surface area contributed by atoms with Crippen molar-refractivity contribution in [1.82, 2.24) is 0 Å². The van der Waals surface area contributed by atoms with Crippen LogP contribution in [-0.2, 0) is 0 Å². The third kappa shape index (κ3) is 3.86. The van der Waals surface area contributed by atoms with E-state index in [4.69, 9.17) is 0 Å². The van der Waals surface area contributed by atoms with Gasteiger partial charge in [0.1, 0.15) is 0 Å². The van der Waals surface area contributed by atoms with E-state index in [-0.39, 0.29) is 0 Å². The van der Waals surface area contributed by atoms with Crippen LogP contribution in [0, 0.1) is 11.8 Å². The summed E-state index contributed by atoms with van der Waals surface area (Å²) in [4.78, 5) is 0. The van der Waals surface area contributed by atoms with Crippen molar-refractivity contribution in [3.05, 3.63) is 12.2 Å². The molecule has 14 heavy (non-hydrogen) atoms. The van der Waals surface area contributed by atoms with Crippen molar-refractivity contribution in [2.75, 3.05) is 0 Å². The van der Waals surface area contributed by atoms with Crippen LogP contribution in [0.4, 0.5) is 0 Å². The van der Waals surface area contributed by atoms with Crippen LogP contribution in [0.5, 0.6) is 0 Å². The lowest BCUT2D eigenvalue weighted by Crippen LogP contribution is -2.19. The van der Waals surface area contributed by atoms with E-state index in [0.29, 0.717) is 0 Å². The first-order valence-corrected chi connectivity index (χ1v) is 6.38. The van der Waals surface area contributed by atoms with Gasteiger partial charge >= 0.3 is 0 Å². The quantitative estimate of drug-likeness (QED) is 0.543. The molecule has 1 saturated carbocycles. The van der Waals surface area contributed by atoms with Crippen LogP contribution in [0.15, 0.2) is 12.2 Å². The smallest absolute Gasteiger partial charge is 0.0323 e. The van der Waals surface area contributed by atoms with E-state index >= 15 is 0 Å². The van der Waals surface area contributed by atoms with E-state index in [1.807, 2.05) is 0 Å². The Labute approximate surface area is 89.8 Å². The van der Waals surface area contributed by atoms with Crippen molar-refractivity contribution in [3.8, 4) is 0 Å². The molecule has 0 saturated heterocycles. The van der Waals surface area contributed by atoms with Gasteiger partial charge in [0.05, 0.1) is 0 Å². The van der Waals surface area contributed by atoms with Crippen LogP contribution in [0.25, 0.3) is 0 Å². The molecule has 0 amide bonds. The van der Waals surface area contributed by atoms with Gasteiger partial charge in [0.15, 0.2) is 0 Å². The SMILES string of the molecule is C=C(C)CCC1CCCCC1CCC. The standard InChI is InChI=1S/C14H26/c1-4-7-13-8-5-6-9-14(13)11-10-12(2)3/h13-14H,2,4-11H2,1,3H3. The van der Waals surface area contributed by atoms with Gasteiger partial charge in [0, 0.05) is 0 Å². The van der Waals surface area contributed by atoms with Gasteiger partial charge < -0.3 is 0 Å². The molecule has 1 aliphatic rings. The van der Waals surface area contributed by atoms with Crippen molar-refractivity contribution in [2.45, 2.75) is 65.2 Å². The maximum atomic E-state index is 4.01. The van der Waals surface area contributed by atoms with Gasteiger partial charge in [-0.25, -0.2) is 0 Å². The second kappa shape index (κ2) is 6.27. The van der Waals surface area contributed by atoms with Crippen molar-refractivity contribution in [1.29, 1.82) is 0 Å². The van der Waals surface area contributed by atoms with E-state index in [1.54, 1.807) is 0 Å². The molecular formula is C14H26. The first-order valence-electron chi connectivity index (χ1n) is 6.38. The minimum absolute atomic E-state index is 1.01. The summed E-state index contributed by atoms with van der Waals surface area (Å²) in [6.45, 7) is 8.50. The Morgan fingerprint density at radius 3 is 2.21 bits per heavy atom. The molecule has 82 valence electrons. The van der Waals surface area contributed by atoms with Gasteiger partial charge in [-0.1, -0.05) is 51.0 Å². The Hall–Kier alpha value is -0.260. The molecule has 1 rings (SSSR count). The van der Waals surface area contributed by atoms with Gasteiger partial charge in [0.2, 0.25) is 0 Å². The Balaban J connectivity index is 2.33. The highest BCUT2D eigenvalue weighted by Crippen LogP contribution is 2.36. The molecule has 0 radical (unpaired) electrons. The van der Waals surface area contributed by atoms with E-state index in [1.165, 1.54) is 56.9 Å². The Morgan fingerprint density at radius 1 is 1.14 bits per heavy atom. The Bertz CT molecular complexity index is 167. The van der Waals surface area contributed by atoms with Gasteiger partial charge in [-0.2, -0.15) is 0 Å².